The summed E-state index contributed by atoms with van der Waals surface area (Å²) in [6.45, 7) is 3.61. The van der Waals surface area contributed by atoms with Gasteiger partial charge in [0.15, 0.2) is 0 Å². The Morgan fingerprint density at radius 2 is 1.79 bits per heavy atom. The van der Waals surface area contributed by atoms with Crippen molar-refractivity contribution in [1.29, 1.82) is 0 Å². The molecule has 0 unspecified atom stereocenters. The molecule has 2 aliphatic carbocycles. The van der Waals surface area contributed by atoms with Gasteiger partial charge in [-0.05, 0) is 51.4 Å². The quantitative estimate of drug-likeness (QED) is 0.802. The molecule has 0 atom stereocenters. The first-order valence-electron chi connectivity index (χ1n) is 7.38. The number of urea groups is 1. The van der Waals surface area contributed by atoms with E-state index in [0.29, 0.717) is 18.8 Å². The molecule has 19 heavy (non-hydrogen) atoms. The van der Waals surface area contributed by atoms with E-state index in [0.717, 1.165) is 25.9 Å². The van der Waals surface area contributed by atoms with E-state index < -0.39 is 5.97 Å². The third kappa shape index (κ3) is 4.11. The molecule has 5 heteroatoms. The second-order valence-electron chi connectivity index (χ2n) is 5.82. The van der Waals surface area contributed by atoms with Crippen LogP contribution >= 0.6 is 0 Å². The normalized spacial score (nSPS) is 26.8. The van der Waals surface area contributed by atoms with Crippen LogP contribution in [0.5, 0.6) is 0 Å². The maximum atomic E-state index is 12.1. The number of rotatable bonds is 5. The SMILES string of the molecule is CCN(CC1CC1)C(=O)NC1CCC(C(=O)O)CC1. The van der Waals surface area contributed by atoms with Crippen molar-refractivity contribution in [2.75, 3.05) is 13.1 Å². The molecule has 0 radical (unpaired) electrons. The topological polar surface area (TPSA) is 69.6 Å². The predicted molar refractivity (Wildman–Crippen MR) is 71.9 cm³/mol. The summed E-state index contributed by atoms with van der Waals surface area (Å²) in [4.78, 5) is 24.9. The Hall–Kier alpha value is -1.26. The first-order valence-corrected chi connectivity index (χ1v) is 7.38. The van der Waals surface area contributed by atoms with E-state index in [-0.39, 0.29) is 18.0 Å². The molecule has 2 saturated carbocycles. The van der Waals surface area contributed by atoms with Crippen molar-refractivity contribution >= 4 is 12.0 Å². The van der Waals surface area contributed by atoms with Gasteiger partial charge < -0.3 is 15.3 Å². The smallest absolute Gasteiger partial charge is 0.317 e. The van der Waals surface area contributed by atoms with Crippen molar-refractivity contribution in [3.63, 3.8) is 0 Å². The molecule has 2 N–H and O–H groups in total. The number of carboxylic acids is 1. The molecule has 2 fully saturated rings. The first-order chi connectivity index (χ1) is 9.10. The Bertz CT molecular complexity index is 334. The average molecular weight is 268 g/mol. The first kappa shape index (κ1) is 14.2. The molecular weight excluding hydrogens is 244 g/mol. The van der Waals surface area contributed by atoms with Gasteiger partial charge in [0.1, 0.15) is 0 Å². The van der Waals surface area contributed by atoms with Gasteiger partial charge in [-0.2, -0.15) is 0 Å². The molecule has 0 aromatic carbocycles. The minimum absolute atomic E-state index is 0.0215. The Labute approximate surface area is 114 Å². The van der Waals surface area contributed by atoms with Crippen molar-refractivity contribution < 1.29 is 14.7 Å². The molecular formula is C14H24N2O3. The summed E-state index contributed by atoms with van der Waals surface area (Å²) in [5, 5.41) is 12.0. The fraction of sp³-hybridized carbons (Fsp3) is 0.857. The largest absolute Gasteiger partial charge is 0.481 e. The summed E-state index contributed by atoms with van der Waals surface area (Å²) in [5.74, 6) is -0.218. The Morgan fingerprint density at radius 1 is 1.16 bits per heavy atom. The van der Waals surface area contributed by atoms with Crippen LogP contribution in [0, 0.1) is 11.8 Å². The van der Waals surface area contributed by atoms with Crippen LogP contribution in [0.1, 0.15) is 45.4 Å². The molecule has 0 saturated heterocycles. The minimum atomic E-state index is -0.700. The van der Waals surface area contributed by atoms with Gasteiger partial charge in [-0.3, -0.25) is 4.79 Å². The van der Waals surface area contributed by atoms with E-state index in [1.54, 1.807) is 0 Å². The number of carbonyl (C=O) groups is 2. The Morgan fingerprint density at radius 3 is 2.26 bits per heavy atom. The van der Waals surface area contributed by atoms with Gasteiger partial charge in [0.05, 0.1) is 5.92 Å². The summed E-state index contributed by atoms with van der Waals surface area (Å²) < 4.78 is 0. The standard InChI is InChI=1S/C14H24N2O3/c1-2-16(9-10-3-4-10)14(19)15-12-7-5-11(6-8-12)13(17)18/h10-12H,2-9H2,1H3,(H,15,19)(H,17,18). The highest BCUT2D eigenvalue weighted by Gasteiger charge is 2.29. The van der Waals surface area contributed by atoms with Gasteiger partial charge >= 0.3 is 12.0 Å². The van der Waals surface area contributed by atoms with Crippen LogP contribution in [0.15, 0.2) is 0 Å². The number of carbonyl (C=O) groups excluding carboxylic acids is 1. The van der Waals surface area contributed by atoms with Crippen LogP contribution in [0.3, 0.4) is 0 Å². The highest BCUT2D eigenvalue weighted by Crippen LogP contribution is 2.30. The van der Waals surface area contributed by atoms with Crippen molar-refractivity contribution in [1.82, 2.24) is 10.2 Å². The summed E-state index contributed by atoms with van der Waals surface area (Å²) in [5.41, 5.74) is 0. The predicted octanol–water partition coefficient (Wildman–Crippen LogP) is 2.07. The summed E-state index contributed by atoms with van der Waals surface area (Å²) >= 11 is 0. The number of hydrogen-bond donors (Lipinski definition) is 2. The second kappa shape index (κ2) is 6.26. The van der Waals surface area contributed by atoms with Crippen LogP contribution in [-0.4, -0.2) is 41.1 Å². The van der Waals surface area contributed by atoms with E-state index in [4.69, 9.17) is 5.11 Å². The molecule has 0 heterocycles. The fourth-order valence-corrected chi connectivity index (χ4v) is 2.72. The maximum Gasteiger partial charge on any atom is 0.317 e. The van der Waals surface area contributed by atoms with Crippen LogP contribution in [-0.2, 0) is 4.79 Å². The highest BCUT2D eigenvalue weighted by atomic mass is 16.4. The van der Waals surface area contributed by atoms with Crippen molar-refractivity contribution in [2.45, 2.75) is 51.5 Å². The highest BCUT2D eigenvalue weighted by molar-refractivity contribution is 5.74. The fourth-order valence-electron chi connectivity index (χ4n) is 2.72. The van der Waals surface area contributed by atoms with Crippen LogP contribution in [0.2, 0.25) is 0 Å². The zero-order valence-electron chi connectivity index (χ0n) is 11.6. The molecule has 0 aliphatic heterocycles. The lowest BCUT2D eigenvalue weighted by Gasteiger charge is -2.29. The Kier molecular flexibility index (Phi) is 4.66. The van der Waals surface area contributed by atoms with E-state index in [9.17, 15) is 9.59 Å². The van der Waals surface area contributed by atoms with Crippen molar-refractivity contribution in [3.05, 3.63) is 0 Å². The third-order valence-electron chi connectivity index (χ3n) is 4.25. The molecule has 2 aliphatic rings. The van der Waals surface area contributed by atoms with Gasteiger partial charge in [-0.1, -0.05) is 0 Å². The van der Waals surface area contributed by atoms with Crippen molar-refractivity contribution in [2.24, 2.45) is 11.8 Å². The van der Waals surface area contributed by atoms with E-state index in [2.05, 4.69) is 5.32 Å². The van der Waals surface area contributed by atoms with E-state index in [1.807, 2.05) is 11.8 Å². The second-order valence-corrected chi connectivity index (χ2v) is 5.82. The Balaban J connectivity index is 1.74. The monoisotopic (exact) mass is 268 g/mol. The number of nitrogens with zero attached hydrogens (tertiary/aromatic N) is 1. The van der Waals surface area contributed by atoms with Gasteiger partial charge in [0, 0.05) is 19.1 Å². The molecule has 5 nitrogen and oxygen atoms in total. The van der Waals surface area contributed by atoms with Gasteiger partial charge in [-0.25, -0.2) is 4.79 Å². The molecule has 0 bridgehead atoms. The summed E-state index contributed by atoms with van der Waals surface area (Å²) in [7, 11) is 0. The van der Waals surface area contributed by atoms with Gasteiger partial charge in [0.25, 0.3) is 0 Å². The summed E-state index contributed by atoms with van der Waals surface area (Å²) in [6.07, 6.45) is 5.40. The molecule has 0 aromatic heterocycles. The molecule has 0 aromatic rings. The van der Waals surface area contributed by atoms with E-state index in [1.165, 1.54) is 12.8 Å². The van der Waals surface area contributed by atoms with E-state index >= 15 is 0 Å². The average Bonchev–Trinajstić information content (AvgIpc) is 3.20. The lowest BCUT2D eigenvalue weighted by atomic mass is 9.86. The zero-order chi connectivity index (χ0) is 13.8. The lowest BCUT2D eigenvalue weighted by molar-refractivity contribution is -0.142. The minimum Gasteiger partial charge on any atom is -0.481 e. The number of amides is 2. The zero-order valence-corrected chi connectivity index (χ0v) is 11.6. The number of hydrogen-bond acceptors (Lipinski definition) is 2. The van der Waals surface area contributed by atoms with Crippen LogP contribution in [0.4, 0.5) is 4.79 Å². The molecule has 2 rings (SSSR count). The van der Waals surface area contributed by atoms with Crippen molar-refractivity contribution in [3.8, 4) is 0 Å². The molecule has 2 amide bonds. The number of carboxylic acid groups (broad SMARTS) is 1. The molecule has 0 spiro atoms. The maximum absolute atomic E-state index is 12.1. The summed E-state index contributed by atoms with van der Waals surface area (Å²) in [6, 6.07) is 0.171. The van der Waals surface area contributed by atoms with Gasteiger partial charge in [0.2, 0.25) is 0 Å². The molecule has 108 valence electrons. The van der Waals surface area contributed by atoms with Crippen LogP contribution < -0.4 is 5.32 Å². The lowest BCUT2D eigenvalue weighted by Crippen LogP contribution is -2.47. The number of aliphatic carboxylic acids is 1. The number of nitrogens with one attached hydrogen (secondary N) is 1. The third-order valence-corrected chi connectivity index (χ3v) is 4.25. The van der Waals surface area contributed by atoms with Crippen LogP contribution in [0.25, 0.3) is 0 Å². The van der Waals surface area contributed by atoms with Gasteiger partial charge in [-0.15, -0.1) is 0 Å².